The van der Waals surface area contributed by atoms with Gasteiger partial charge in [-0.25, -0.2) is 4.98 Å². The van der Waals surface area contributed by atoms with Gasteiger partial charge in [0.1, 0.15) is 5.82 Å². The SMILES string of the molecule is CCCN1CCN(c2ccc(C)cn2)CC1. The van der Waals surface area contributed by atoms with Crippen LogP contribution in [0, 0.1) is 6.92 Å². The molecule has 1 aromatic heterocycles. The first-order valence-electron chi connectivity index (χ1n) is 6.19. The molecule has 1 fully saturated rings. The average molecular weight is 219 g/mol. The Morgan fingerprint density at radius 2 is 1.94 bits per heavy atom. The van der Waals surface area contributed by atoms with Crippen LogP contribution in [0.2, 0.25) is 0 Å². The largest absolute Gasteiger partial charge is 0.354 e. The van der Waals surface area contributed by atoms with E-state index in [0.717, 1.165) is 18.9 Å². The second-order valence-electron chi connectivity index (χ2n) is 4.52. The Hall–Kier alpha value is -1.09. The van der Waals surface area contributed by atoms with Gasteiger partial charge in [-0.3, -0.25) is 4.90 Å². The Morgan fingerprint density at radius 1 is 1.19 bits per heavy atom. The molecule has 0 unspecified atom stereocenters. The van der Waals surface area contributed by atoms with E-state index in [1.54, 1.807) is 0 Å². The van der Waals surface area contributed by atoms with Crippen molar-refractivity contribution in [1.82, 2.24) is 9.88 Å². The predicted octanol–water partition coefficient (Wildman–Crippen LogP) is 1.92. The summed E-state index contributed by atoms with van der Waals surface area (Å²) in [4.78, 5) is 9.39. The number of anilines is 1. The fraction of sp³-hybridized carbons (Fsp3) is 0.615. The molecule has 0 radical (unpaired) electrons. The summed E-state index contributed by atoms with van der Waals surface area (Å²) in [5.41, 5.74) is 1.23. The highest BCUT2D eigenvalue weighted by molar-refractivity contribution is 5.39. The second-order valence-corrected chi connectivity index (χ2v) is 4.52. The van der Waals surface area contributed by atoms with E-state index < -0.39 is 0 Å². The van der Waals surface area contributed by atoms with Crippen LogP contribution in [-0.2, 0) is 0 Å². The Bertz CT molecular complexity index is 312. The van der Waals surface area contributed by atoms with Crippen LogP contribution in [0.4, 0.5) is 5.82 Å². The van der Waals surface area contributed by atoms with Gasteiger partial charge in [-0.1, -0.05) is 13.0 Å². The van der Waals surface area contributed by atoms with Crippen molar-refractivity contribution in [3.8, 4) is 0 Å². The molecule has 0 spiro atoms. The molecule has 0 N–H and O–H groups in total. The topological polar surface area (TPSA) is 19.4 Å². The molecule has 2 rings (SSSR count). The molecule has 0 saturated carbocycles. The van der Waals surface area contributed by atoms with Crippen LogP contribution < -0.4 is 4.90 Å². The van der Waals surface area contributed by atoms with E-state index in [-0.39, 0.29) is 0 Å². The minimum absolute atomic E-state index is 1.11. The summed E-state index contributed by atoms with van der Waals surface area (Å²) in [5, 5.41) is 0. The lowest BCUT2D eigenvalue weighted by atomic mass is 10.2. The summed E-state index contributed by atoms with van der Waals surface area (Å²) < 4.78 is 0. The zero-order valence-electron chi connectivity index (χ0n) is 10.3. The quantitative estimate of drug-likeness (QED) is 0.774. The third-order valence-corrected chi connectivity index (χ3v) is 3.13. The van der Waals surface area contributed by atoms with Crippen molar-refractivity contribution in [2.45, 2.75) is 20.3 Å². The minimum Gasteiger partial charge on any atom is -0.354 e. The lowest BCUT2D eigenvalue weighted by molar-refractivity contribution is 0.258. The van der Waals surface area contributed by atoms with E-state index in [0.29, 0.717) is 0 Å². The molecule has 1 aromatic rings. The first-order chi connectivity index (χ1) is 7.79. The van der Waals surface area contributed by atoms with Crippen molar-refractivity contribution in [2.75, 3.05) is 37.6 Å². The van der Waals surface area contributed by atoms with Crippen molar-refractivity contribution < 1.29 is 0 Å². The lowest BCUT2D eigenvalue weighted by Gasteiger charge is -2.35. The highest BCUT2D eigenvalue weighted by Crippen LogP contribution is 2.13. The maximum absolute atomic E-state index is 4.48. The summed E-state index contributed by atoms with van der Waals surface area (Å²) in [6, 6.07) is 4.27. The zero-order valence-corrected chi connectivity index (χ0v) is 10.3. The molecule has 3 heteroatoms. The molecule has 88 valence electrons. The number of hydrogen-bond donors (Lipinski definition) is 0. The van der Waals surface area contributed by atoms with Gasteiger partial charge >= 0.3 is 0 Å². The molecule has 16 heavy (non-hydrogen) atoms. The van der Waals surface area contributed by atoms with E-state index >= 15 is 0 Å². The fourth-order valence-electron chi connectivity index (χ4n) is 2.16. The molecule has 0 aliphatic carbocycles. The summed E-state index contributed by atoms with van der Waals surface area (Å²) in [7, 11) is 0. The van der Waals surface area contributed by atoms with Gasteiger partial charge in [0.15, 0.2) is 0 Å². The number of piperazine rings is 1. The molecular weight excluding hydrogens is 198 g/mol. The molecule has 1 aliphatic heterocycles. The maximum atomic E-state index is 4.48. The highest BCUT2D eigenvalue weighted by Gasteiger charge is 2.16. The smallest absolute Gasteiger partial charge is 0.128 e. The van der Waals surface area contributed by atoms with Crippen molar-refractivity contribution in [3.63, 3.8) is 0 Å². The van der Waals surface area contributed by atoms with Crippen molar-refractivity contribution in [2.24, 2.45) is 0 Å². The number of hydrogen-bond acceptors (Lipinski definition) is 3. The van der Waals surface area contributed by atoms with Crippen LogP contribution >= 0.6 is 0 Å². The molecule has 0 aromatic carbocycles. The molecular formula is C13H21N3. The number of rotatable bonds is 3. The fourth-order valence-corrected chi connectivity index (χ4v) is 2.16. The first-order valence-corrected chi connectivity index (χ1v) is 6.19. The molecule has 0 atom stereocenters. The van der Waals surface area contributed by atoms with Crippen molar-refractivity contribution in [3.05, 3.63) is 23.9 Å². The summed E-state index contributed by atoms with van der Waals surface area (Å²) in [5.74, 6) is 1.13. The lowest BCUT2D eigenvalue weighted by Crippen LogP contribution is -2.46. The highest BCUT2D eigenvalue weighted by atomic mass is 15.3. The standard InChI is InChI=1S/C13H21N3/c1-3-6-15-7-9-16(10-8-15)13-5-4-12(2)11-14-13/h4-5,11H,3,6-10H2,1-2H3. The Morgan fingerprint density at radius 3 is 2.50 bits per heavy atom. The van der Waals surface area contributed by atoms with Crippen molar-refractivity contribution in [1.29, 1.82) is 0 Å². The Labute approximate surface area is 98.1 Å². The summed E-state index contributed by atoms with van der Waals surface area (Å²) >= 11 is 0. The second kappa shape index (κ2) is 5.30. The predicted molar refractivity (Wildman–Crippen MR) is 67.9 cm³/mol. The summed E-state index contributed by atoms with van der Waals surface area (Å²) in [6.07, 6.45) is 3.20. The van der Waals surface area contributed by atoms with Gasteiger partial charge in [0, 0.05) is 32.4 Å². The molecule has 1 saturated heterocycles. The van der Waals surface area contributed by atoms with Gasteiger partial charge in [-0.15, -0.1) is 0 Å². The molecule has 0 amide bonds. The van der Waals surface area contributed by atoms with E-state index in [1.807, 2.05) is 6.20 Å². The van der Waals surface area contributed by atoms with E-state index in [9.17, 15) is 0 Å². The number of aromatic nitrogens is 1. The average Bonchev–Trinajstić information content (AvgIpc) is 2.32. The van der Waals surface area contributed by atoms with Gasteiger partial charge in [0.05, 0.1) is 0 Å². The number of pyridine rings is 1. The Balaban J connectivity index is 1.91. The van der Waals surface area contributed by atoms with Gasteiger partial charge in [-0.05, 0) is 31.5 Å². The van der Waals surface area contributed by atoms with Crippen LogP contribution in [0.25, 0.3) is 0 Å². The van der Waals surface area contributed by atoms with Gasteiger partial charge < -0.3 is 4.90 Å². The molecule has 0 bridgehead atoms. The summed E-state index contributed by atoms with van der Waals surface area (Å²) in [6.45, 7) is 10.1. The van der Waals surface area contributed by atoms with Crippen LogP contribution in [0.5, 0.6) is 0 Å². The van der Waals surface area contributed by atoms with Crippen molar-refractivity contribution >= 4 is 5.82 Å². The zero-order chi connectivity index (χ0) is 11.4. The monoisotopic (exact) mass is 219 g/mol. The number of nitrogens with zero attached hydrogens (tertiary/aromatic N) is 3. The molecule has 1 aliphatic rings. The van der Waals surface area contributed by atoms with Crippen LogP contribution in [0.15, 0.2) is 18.3 Å². The third-order valence-electron chi connectivity index (χ3n) is 3.13. The van der Waals surface area contributed by atoms with Gasteiger partial charge in [-0.2, -0.15) is 0 Å². The van der Waals surface area contributed by atoms with Crippen LogP contribution in [0.3, 0.4) is 0 Å². The third kappa shape index (κ3) is 2.73. The minimum atomic E-state index is 1.11. The van der Waals surface area contributed by atoms with E-state index in [4.69, 9.17) is 0 Å². The first kappa shape index (κ1) is 11.4. The van der Waals surface area contributed by atoms with Crippen LogP contribution in [-0.4, -0.2) is 42.6 Å². The molecule has 3 nitrogen and oxygen atoms in total. The maximum Gasteiger partial charge on any atom is 0.128 e. The van der Waals surface area contributed by atoms with E-state index in [1.165, 1.54) is 31.6 Å². The number of aryl methyl sites for hydroxylation is 1. The normalized spacial score (nSPS) is 17.8. The van der Waals surface area contributed by atoms with E-state index in [2.05, 4.69) is 40.8 Å². The Kier molecular flexibility index (Phi) is 3.78. The van der Waals surface area contributed by atoms with Crippen LogP contribution in [0.1, 0.15) is 18.9 Å². The van der Waals surface area contributed by atoms with Gasteiger partial charge in [0.2, 0.25) is 0 Å². The van der Waals surface area contributed by atoms with Gasteiger partial charge in [0.25, 0.3) is 0 Å². The molecule has 2 heterocycles.